The molecular weight excluding hydrogens is 386 g/mol. The summed E-state index contributed by atoms with van der Waals surface area (Å²) in [4.78, 5) is 37.1. The summed E-state index contributed by atoms with van der Waals surface area (Å²) in [6.07, 6.45) is 3.36. The summed E-state index contributed by atoms with van der Waals surface area (Å²) in [6.45, 7) is 4.24. The molecular formula is C21H25N5O4. The normalized spacial score (nSPS) is 12.0. The third-order valence-corrected chi connectivity index (χ3v) is 4.43. The van der Waals surface area contributed by atoms with E-state index >= 15 is 0 Å². The summed E-state index contributed by atoms with van der Waals surface area (Å²) in [5, 5.41) is 2.73. The van der Waals surface area contributed by atoms with Gasteiger partial charge in [0.15, 0.2) is 11.2 Å². The van der Waals surface area contributed by atoms with E-state index in [2.05, 4.69) is 20.3 Å². The Morgan fingerprint density at radius 2 is 1.90 bits per heavy atom. The minimum absolute atomic E-state index is 0.0444. The highest BCUT2D eigenvalue weighted by molar-refractivity contribution is 5.85. The van der Waals surface area contributed by atoms with Gasteiger partial charge in [0.2, 0.25) is 11.8 Å². The van der Waals surface area contributed by atoms with Crippen molar-refractivity contribution in [1.29, 1.82) is 0 Å². The molecule has 2 heterocycles. The van der Waals surface area contributed by atoms with Crippen LogP contribution in [0.1, 0.15) is 25.8 Å². The minimum Gasteiger partial charge on any atom is -0.471 e. The maximum absolute atomic E-state index is 12.5. The lowest BCUT2D eigenvalue weighted by Crippen LogP contribution is -2.43. The number of carbonyl (C=O) groups excluding carboxylic acids is 2. The number of benzene rings is 1. The van der Waals surface area contributed by atoms with Crippen LogP contribution < -0.4 is 10.1 Å². The molecule has 158 valence electrons. The smallest absolute Gasteiger partial charge is 0.328 e. The fraction of sp³-hybridized carbons (Fsp3) is 0.381. The van der Waals surface area contributed by atoms with Crippen LogP contribution in [0.3, 0.4) is 0 Å². The first kappa shape index (κ1) is 21.2. The molecule has 3 rings (SSSR count). The van der Waals surface area contributed by atoms with Gasteiger partial charge < -0.3 is 19.4 Å². The zero-order valence-corrected chi connectivity index (χ0v) is 17.2. The van der Waals surface area contributed by atoms with Crippen LogP contribution in [0.5, 0.6) is 5.88 Å². The number of amides is 1. The highest BCUT2D eigenvalue weighted by Gasteiger charge is 2.23. The largest absolute Gasteiger partial charge is 0.471 e. The van der Waals surface area contributed by atoms with Crippen LogP contribution >= 0.6 is 0 Å². The van der Waals surface area contributed by atoms with Crippen molar-refractivity contribution in [1.82, 2.24) is 24.8 Å². The number of imidazole rings is 1. The third kappa shape index (κ3) is 5.31. The number of rotatable bonds is 9. The predicted octanol–water partition coefficient (Wildman–Crippen LogP) is 2.11. The Hall–Kier alpha value is -3.49. The molecule has 2 aromatic heterocycles. The predicted molar refractivity (Wildman–Crippen MR) is 109 cm³/mol. The summed E-state index contributed by atoms with van der Waals surface area (Å²) < 4.78 is 12.2. The first-order valence-corrected chi connectivity index (χ1v) is 9.67. The summed E-state index contributed by atoms with van der Waals surface area (Å²) in [7, 11) is 1.30. The maximum atomic E-state index is 12.5. The molecule has 1 aromatic carbocycles. The molecule has 9 nitrogen and oxygen atoms in total. The summed E-state index contributed by atoms with van der Waals surface area (Å²) in [5.41, 5.74) is 1.94. The molecule has 0 radical (unpaired) electrons. The van der Waals surface area contributed by atoms with Gasteiger partial charge in [-0.1, -0.05) is 44.2 Å². The van der Waals surface area contributed by atoms with Gasteiger partial charge in [0.25, 0.3) is 0 Å². The van der Waals surface area contributed by atoms with Gasteiger partial charge in [-0.25, -0.2) is 14.8 Å². The minimum atomic E-state index is -0.698. The quantitative estimate of drug-likeness (QED) is 0.537. The Morgan fingerprint density at radius 1 is 1.13 bits per heavy atom. The van der Waals surface area contributed by atoms with Crippen LogP contribution in [-0.2, 0) is 27.5 Å². The lowest BCUT2D eigenvalue weighted by molar-refractivity contribution is -0.145. The molecule has 0 bridgehead atoms. The van der Waals surface area contributed by atoms with Gasteiger partial charge in [-0.05, 0) is 17.9 Å². The van der Waals surface area contributed by atoms with Crippen LogP contribution in [0.25, 0.3) is 11.2 Å². The monoisotopic (exact) mass is 411 g/mol. The number of hydrogen-bond acceptors (Lipinski definition) is 7. The van der Waals surface area contributed by atoms with Gasteiger partial charge in [-0.15, -0.1) is 0 Å². The fourth-order valence-corrected chi connectivity index (χ4v) is 3.03. The van der Waals surface area contributed by atoms with Gasteiger partial charge in [0.05, 0.1) is 13.4 Å². The zero-order chi connectivity index (χ0) is 21.5. The third-order valence-electron chi connectivity index (χ3n) is 4.43. The van der Waals surface area contributed by atoms with Crippen LogP contribution in [0, 0.1) is 5.92 Å². The van der Waals surface area contributed by atoms with E-state index in [1.54, 1.807) is 4.57 Å². The van der Waals surface area contributed by atoms with Crippen molar-refractivity contribution in [3.8, 4) is 5.88 Å². The van der Waals surface area contributed by atoms with Crippen molar-refractivity contribution < 1.29 is 19.1 Å². The highest BCUT2D eigenvalue weighted by atomic mass is 16.5. The molecule has 0 aliphatic carbocycles. The highest BCUT2D eigenvalue weighted by Crippen LogP contribution is 2.20. The SMILES string of the molecule is COC(=O)[C@H](CC(C)C)NC(=O)Cn1cnc2c(OCc3ccccc3)ncnc21. The van der Waals surface area contributed by atoms with Crippen LogP contribution in [0.2, 0.25) is 0 Å². The van der Waals surface area contributed by atoms with Crippen LogP contribution in [-0.4, -0.2) is 44.5 Å². The molecule has 0 aliphatic heterocycles. The van der Waals surface area contributed by atoms with Crippen molar-refractivity contribution >= 4 is 23.0 Å². The molecule has 1 N–H and O–H groups in total. The molecule has 9 heteroatoms. The molecule has 0 unspecified atom stereocenters. The van der Waals surface area contributed by atoms with E-state index < -0.39 is 12.0 Å². The molecule has 1 atom stereocenters. The lowest BCUT2D eigenvalue weighted by Gasteiger charge is -2.18. The topological polar surface area (TPSA) is 108 Å². The van der Waals surface area contributed by atoms with E-state index in [4.69, 9.17) is 9.47 Å². The summed E-state index contributed by atoms with van der Waals surface area (Å²) >= 11 is 0. The number of hydrogen-bond donors (Lipinski definition) is 1. The van der Waals surface area contributed by atoms with Crippen LogP contribution in [0.15, 0.2) is 43.0 Å². The van der Waals surface area contributed by atoms with E-state index in [-0.39, 0.29) is 18.4 Å². The number of ether oxygens (including phenoxy) is 2. The number of aromatic nitrogens is 4. The first-order valence-electron chi connectivity index (χ1n) is 9.67. The summed E-state index contributed by atoms with van der Waals surface area (Å²) in [5.74, 6) is -0.238. The lowest BCUT2D eigenvalue weighted by atomic mass is 10.0. The zero-order valence-electron chi connectivity index (χ0n) is 17.2. The van der Waals surface area contributed by atoms with Crippen molar-refractivity contribution in [3.63, 3.8) is 0 Å². The van der Waals surface area contributed by atoms with Gasteiger partial charge in [0.1, 0.15) is 25.5 Å². The van der Waals surface area contributed by atoms with Crippen molar-refractivity contribution in [2.24, 2.45) is 5.92 Å². The number of nitrogens with zero attached hydrogens (tertiary/aromatic N) is 4. The standard InChI is InChI=1S/C21H25N5O4/c1-14(2)9-16(21(28)29-3)25-17(27)10-26-13-24-18-19(26)22-12-23-20(18)30-11-15-7-5-4-6-8-15/h4-8,12-14,16H,9-11H2,1-3H3,(H,25,27)/t16-/m0/s1. The molecule has 0 spiro atoms. The molecule has 30 heavy (non-hydrogen) atoms. The van der Waals surface area contributed by atoms with E-state index in [1.807, 2.05) is 44.2 Å². The van der Waals surface area contributed by atoms with Gasteiger partial charge >= 0.3 is 5.97 Å². The second-order valence-corrected chi connectivity index (χ2v) is 7.27. The van der Waals surface area contributed by atoms with E-state index in [0.717, 1.165) is 5.56 Å². The van der Waals surface area contributed by atoms with Gasteiger partial charge in [-0.3, -0.25) is 4.79 Å². The number of nitrogens with one attached hydrogen (secondary N) is 1. The molecule has 0 saturated heterocycles. The average molecular weight is 411 g/mol. The van der Waals surface area contributed by atoms with Crippen molar-refractivity contribution in [2.45, 2.75) is 39.5 Å². The second-order valence-electron chi connectivity index (χ2n) is 7.27. The Kier molecular flexibility index (Phi) is 6.95. The molecule has 0 saturated carbocycles. The van der Waals surface area contributed by atoms with Crippen molar-refractivity contribution in [3.05, 3.63) is 48.5 Å². The summed E-state index contributed by atoms with van der Waals surface area (Å²) in [6, 6.07) is 9.01. The molecule has 0 aliphatic rings. The Balaban J connectivity index is 1.70. The Morgan fingerprint density at radius 3 is 2.60 bits per heavy atom. The van der Waals surface area contributed by atoms with Gasteiger partial charge in [-0.2, -0.15) is 4.98 Å². The van der Waals surface area contributed by atoms with E-state index in [0.29, 0.717) is 30.1 Å². The average Bonchev–Trinajstić information content (AvgIpc) is 3.15. The number of fused-ring (bicyclic) bond motifs is 1. The number of esters is 1. The fourth-order valence-electron chi connectivity index (χ4n) is 3.03. The number of carbonyl (C=O) groups is 2. The number of methoxy groups -OCH3 is 1. The van der Waals surface area contributed by atoms with E-state index in [1.165, 1.54) is 19.8 Å². The Labute approximate surface area is 174 Å². The first-order chi connectivity index (χ1) is 14.5. The molecule has 0 fully saturated rings. The van der Waals surface area contributed by atoms with Gasteiger partial charge in [0, 0.05) is 0 Å². The second kappa shape index (κ2) is 9.82. The Bertz CT molecular complexity index is 1000. The van der Waals surface area contributed by atoms with Crippen LogP contribution in [0.4, 0.5) is 0 Å². The molecule has 3 aromatic rings. The molecule has 1 amide bonds. The maximum Gasteiger partial charge on any atom is 0.328 e. The van der Waals surface area contributed by atoms with E-state index in [9.17, 15) is 9.59 Å². The van der Waals surface area contributed by atoms with Crippen molar-refractivity contribution in [2.75, 3.05) is 7.11 Å².